The third-order valence-electron chi connectivity index (χ3n) is 6.77. The molecule has 1 atom stereocenters. The van der Waals surface area contributed by atoms with Crippen LogP contribution >= 0.6 is 0 Å². The molecule has 1 aromatic carbocycles. The Labute approximate surface area is 191 Å². The molecule has 0 N–H and O–H groups in total. The lowest BCUT2D eigenvalue weighted by atomic mass is 9.90. The molecule has 0 aliphatic heterocycles. The molecule has 8 heteroatoms. The molecule has 1 amide bonds. The molecule has 3 heterocycles. The number of carbonyl (C=O) groups is 1. The van der Waals surface area contributed by atoms with E-state index in [4.69, 9.17) is 9.51 Å². The number of fused-ring (bicyclic) bond motifs is 3. The van der Waals surface area contributed by atoms with Gasteiger partial charge in [0.05, 0.1) is 29.2 Å². The highest BCUT2D eigenvalue weighted by molar-refractivity contribution is 5.95. The monoisotopic (exact) mass is 440 g/mol. The van der Waals surface area contributed by atoms with Gasteiger partial charge in [-0.1, -0.05) is 29.4 Å². The van der Waals surface area contributed by atoms with Crippen molar-refractivity contribution in [1.29, 1.82) is 0 Å². The first-order chi connectivity index (χ1) is 16.1. The minimum Gasteiger partial charge on any atom is -0.364 e. The number of hydrogen-bond acceptors (Lipinski definition) is 6. The van der Waals surface area contributed by atoms with Crippen LogP contribution in [-0.4, -0.2) is 42.8 Å². The number of rotatable bonds is 5. The molecule has 0 saturated heterocycles. The highest BCUT2D eigenvalue weighted by Crippen LogP contribution is 2.43. The fourth-order valence-electron chi connectivity index (χ4n) is 4.59. The number of carbonyl (C=O) groups excluding carboxylic acids is 1. The average molecular weight is 441 g/mol. The predicted octanol–water partition coefficient (Wildman–Crippen LogP) is 4.13. The third kappa shape index (κ3) is 3.33. The number of aryl methyl sites for hydroxylation is 2. The lowest BCUT2D eigenvalue weighted by Crippen LogP contribution is -2.30. The van der Waals surface area contributed by atoms with E-state index < -0.39 is 0 Å². The molecule has 33 heavy (non-hydrogen) atoms. The zero-order chi connectivity index (χ0) is 22.5. The van der Waals surface area contributed by atoms with Gasteiger partial charge in [0.25, 0.3) is 11.9 Å². The van der Waals surface area contributed by atoms with E-state index in [1.54, 1.807) is 28.9 Å². The Morgan fingerprint density at radius 2 is 1.97 bits per heavy atom. The summed E-state index contributed by atoms with van der Waals surface area (Å²) in [6.45, 7) is 1.93. The van der Waals surface area contributed by atoms with Crippen molar-refractivity contribution >= 4 is 5.91 Å². The van der Waals surface area contributed by atoms with E-state index in [0.29, 0.717) is 17.2 Å². The van der Waals surface area contributed by atoms with Crippen LogP contribution in [-0.2, 0) is 12.8 Å². The molecule has 6 rings (SSSR count). The second-order valence-corrected chi connectivity index (χ2v) is 8.85. The van der Waals surface area contributed by atoms with Crippen molar-refractivity contribution in [2.45, 2.75) is 44.6 Å². The maximum absolute atomic E-state index is 13.4. The average Bonchev–Trinajstić information content (AvgIpc) is 3.36. The molecule has 1 saturated carbocycles. The summed E-state index contributed by atoms with van der Waals surface area (Å²) in [5.74, 6) is 0.703. The molecule has 1 unspecified atom stereocenters. The van der Waals surface area contributed by atoms with E-state index in [1.807, 2.05) is 19.2 Å². The number of nitrogens with zero attached hydrogens (tertiary/aromatic N) is 6. The lowest BCUT2D eigenvalue weighted by molar-refractivity contribution is 0.0736. The topological polar surface area (TPSA) is 89.9 Å². The lowest BCUT2D eigenvalue weighted by Gasteiger charge is -2.23. The number of amides is 1. The Morgan fingerprint density at radius 1 is 1.15 bits per heavy atom. The minimum atomic E-state index is -0.219. The van der Waals surface area contributed by atoms with Gasteiger partial charge >= 0.3 is 0 Å². The van der Waals surface area contributed by atoms with Gasteiger partial charge in [-0.25, -0.2) is 14.6 Å². The number of aromatic nitrogens is 5. The van der Waals surface area contributed by atoms with Crippen LogP contribution in [0.25, 0.3) is 17.2 Å². The maximum atomic E-state index is 13.4. The molecule has 2 aliphatic carbocycles. The van der Waals surface area contributed by atoms with Gasteiger partial charge in [0.15, 0.2) is 0 Å². The van der Waals surface area contributed by atoms with Crippen molar-refractivity contribution in [3.8, 4) is 17.2 Å². The fourth-order valence-corrected chi connectivity index (χ4v) is 4.59. The van der Waals surface area contributed by atoms with Gasteiger partial charge in [-0.05, 0) is 43.7 Å². The summed E-state index contributed by atoms with van der Waals surface area (Å²) in [5.41, 5.74) is 6.76. The summed E-state index contributed by atoms with van der Waals surface area (Å²) in [6.07, 6.45) is 9.06. The Hall–Kier alpha value is -3.81. The van der Waals surface area contributed by atoms with Crippen molar-refractivity contribution in [3.05, 3.63) is 77.1 Å². The van der Waals surface area contributed by atoms with Crippen LogP contribution < -0.4 is 0 Å². The SMILES string of the molecule is CC(c1ccon1)N(C)C(=O)c1cnn(-c2ncc3c(n2)-c2ccccc2CC3)c1C1CC1. The second-order valence-electron chi connectivity index (χ2n) is 8.85. The van der Waals surface area contributed by atoms with Crippen LogP contribution in [0, 0.1) is 0 Å². The maximum Gasteiger partial charge on any atom is 0.257 e. The Balaban J connectivity index is 1.39. The van der Waals surface area contributed by atoms with E-state index in [9.17, 15) is 4.79 Å². The quantitative estimate of drug-likeness (QED) is 0.464. The van der Waals surface area contributed by atoms with Gasteiger partial charge in [-0.15, -0.1) is 0 Å². The number of hydrogen-bond donors (Lipinski definition) is 0. The van der Waals surface area contributed by atoms with Crippen LogP contribution in [0.15, 0.2) is 53.5 Å². The molecule has 4 aromatic rings. The van der Waals surface area contributed by atoms with Gasteiger partial charge in [-0.3, -0.25) is 4.79 Å². The first kappa shape index (κ1) is 19.8. The van der Waals surface area contributed by atoms with E-state index in [2.05, 4.69) is 33.4 Å². The molecular weight excluding hydrogens is 416 g/mol. The standard InChI is InChI=1S/C25H24N6O2/c1-15(21-11-12-33-29-21)30(2)24(32)20-14-27-31(23(20)17-8-9-17)25-26-13-18-10-7-16-5-3-4-6-19(16)22(18)28-25/h3-6,11-15,17H,7-10H2,1-2H3. The second kappa shape index (κ2) is 7.65. The summed E-state index contributed by atoms with van der Waals surface area (Å²) >= 11 is 0. The van der Waals surface area contributed by atoms with Gasteiger partial charge in [0.2, 0.25) is 0 Å². The van der Waals surface area contributed by atoms with Crippen LogP contribution in [0.5, 0.6) is 0 Å². The van der Waals surface area contributed by atoms with Gasteiger partial charge in [0.1, 0.15) is 12.0 Å². The molecule has 2 aliphatic rings. The largest absolute Gasteiger partial charge is 0.364 e. The molecule has 1 fully saturated rings. The van der Waals surface area contributed by atoms with Crippen LogP contribution in [0.3, 0.4) is 0 Å². The molecule has 0 spiro atoms. The van der Waals surface area contributed by atoms with Crippen molar-refractivity contribution in [3.63, 3.8) is 0 Å². The smallest absolute Gasteiger partial charge is 0.257 e. The van der Waals surface area contributed by atoms with Gasteiger partial charge in [0, 0.05) is 30.8 Å². The summed E-state index contributed by atoms with van der Waals surface area (Å²) in [4.78, 5) is 24.7. The zero-order valence-corrected chi connectivity index (χ0v) is 18.6. The summed E-state index contributed by atoms with van der Waals surface area (Å²) < 4.78 is 6.72. The summed E-state index contributed by atoms with van der Waals surface area (Å²) in [5, 5.41) is 8.57. The Morgan fingerprint density at radius 3 is 2.76 bits per heavy atom. The van der Waals surface area contributed by atoms with E-state index in [1.165, 1.54) is 11.8 Å². The zero-order valence-electron chi connectivity index (χ0n) is 18.6. The van der Waals surface area contributed by atoms with Crippen molar-refractivity contribution in [2.24, 2.45) is 0 Å². The van der Waals surface area contributed by atoms with Gasteiger partial charge in [-0.2, -0.15) is 5.10 Å². The van der Waals surface area contributed by atoms with Crippen molar-refractivity contribution in [1.82, 2.24) is 29.8 Å². The van der Waals surface area contributed by atoms with E-state index in [-0.39, 0.29) is 17.9 Å². The molecule has 8 nitrogen and oxygen atoms in total. The fraction of sp³-hybridized carbons (Fsp3) is 0.320. The Bertz CT molecular complexity index is 1340. The molecular formula is C25H24N6O2. The first-order valence-electron chi connectivity index (χ1n) is 11.3. The van der Waals surface area contributed by atoms with Crippen LogP contribution in [0.2, 0.25) is 0 Å². The van der Waals surface area contributed by atoms with Crippen molar-refractivity contribution < 1.29 is 9.32 Å². The van der Waals surface area contributed by atoms with Gasteiger partial charge < -0.3 is 9.42 Å². The van der Waals surface area contributed by atoms with E-state index >= 15 is 0 Å². The summed E-state index contributed by atoms with van der Waals surface area (Å²) in [6, 6.07) is 9.94. The molecule has 166 valence electrons. The first-order valence-corrected chi connectivity index (χ1v) is 11.3. The number of benzene rings is 1. The highest BCUT2D eigenvalue weighted by Gasteiger charge is 2.35. The molecule has 0 bridgehead atoms. The molecule has 0 radical (unpaired) electrons. The van der Waals surface area contributed by atoms with Crippen molar-refractivity contribution in [2.75, 3.05) is 7.05 Å². The third-order valence-corrected chi connectivity index (χ3v) is 6.77. The van der Waals surface area contributed by atoms with E-state index in [0.717, 1.165) is 48.2 Å². The molecule has 3 aromatic heterocycles. The van der Waals surface area contributed by atoms with Crippen LogP contribution in [0.4, 0.5) is 0 Å². The summed E-state index contributed by atoms with van der Waals surface area (Å²) in [7, 11) is 1.78. The predicted molar refractivity (Wildman–Crippen MR) is 121 cm³/mol. The Kier molecular flexibility index (Phi) is 4.60. The highest BCUT2D eigenvalue weighted by atomic mass is 16.5. The normalized spacial score (nSPS) is 15.6. The minimum absolute atomic E-state index is 0.0954. The van der Waals surface area contributed by atoms with Crippen LogP contribution in [0.1, 0.15) is 64.6 Å².